The minimum atomic E-state index is -0.643. The first kappa shape index (κ1) is 15.0. The summed E-state index contributed by atoms with van der Waals surface area (Å²) >= 11 is 7.52. The fourth-order valence-corrected chi connectivity index (χ4v) is 2.78. The average Bonchev–Trinajstić information content (AvgIpc) is 2.95. The molecule has 1 unspecified atom stereocenters. The van der Waals surface area contributed by atoms with Crippen LogP contribution in [0, 0.1) is 0 Å². The van der Waals surface area contributed by atoms with Crippen LogP contribution in [0.4, 0.5) is 0 Å². The summed E-state index contributed by atoms with van der Waals surface area (Å²) < 4.78 is 0. The van der Waals surface area contributed by atoms with E-state index in [-0.39, 0.29) is 18.9 Å². The number of carbonyl (C=O) groups excluding carboxylic acids is 1. The molecule has 0 fully saturated rings. The van der Waals surface area contributed by atoms with Gasteiger partial charge in [-0.3, -0.25) is 4.79 Å². The highest BCUT2D eigenvalue weighted by atomic mass is 35.5. The summed E-state index contributed by atoms with van der Waals surface area (Å²) in [5.74, 6) is -0.0614. The first-order chi connectivity index (χ1) is 9.58. The smallest absolute Gasteiger partial charge is 0.226 e. The largest absolute Gasteiger partial charge is 0.386 e. The predicted molar refractivity (Wildman–Crippen MR) is 82.1 cm³/mol. The molecule has 106 valence electrons. The molecule has 0 aliphatic carbocycles. The van der Waals surface area contributed by atoms with E-state index in [1.54, 1.807) is 13.1 Å². The van der Waals surface area contributed by atoms with Gasteiger partial charge in [-0.1, -0.05) is 35.9 Å². The highest BCUT2D eigenvalue weighted by Gasteiger charge is 2.16. The Morgan fingerprint density at radius 3 is 2.75 bits per heavy atom. The van der Waals surface area contributed by atoms with Crippen molar-refractivity contribution in [3.8, 4) is 0 Å². The molecule has 0 bridgehead atoms. The summed E-state index contributed by atoms with van der Waals surface area (Å²) in [6.07, 6.45) is -0.400. The van der Waals surface area contributed by atoms with E-state index in [0.717, 1.165) is 10.4 Å². The number of carbonyl (C=O) groups is 1. The van der Waals surface area contributed by atoms with E-state index >= 15 is 0 Å². The average molecular weight is 310 g/mol. The van der Waals surface area contributed by atoms with Crippen molar-refractivity contribution in [2.75, 3.05) is 13.6 Å². The Morgan fingerprint density at radius 2 is 2.10 bits per heavy atom. The summed E-state index contributed by atoms with van der Waals surface area (Å²) in [4.78, 5) is 14.5. The molecule has 2 aromatic rings. The lowest BCUT2D eigenvalue weighted by Crippen LogP contribution is -2.32. The second-order valence-electron chi connectivity index (χ2n) is 4.57. The molecule has 1 amide bonds. The Balaban J connectivity index is 1.94. The van der Waals surface area contributed by atoms with Crippen molar-refractivity contribution in [3.05, 3.63) is 57.2 Å². The third-order valence-corrected chi connectivity index (χ3v) is 4.39. The molecule has 1 atom stereocenters. The van der Waals surface area contributed by atoms with Crippen LogP contribution in [0.5, 0.6) is 0 Å². The molecule has 1 N–H and O–H groups in total. The minimum Gasteiger partial charge on any atom is -0.386 e. The lowest BCUT2D eigenvalue weighted by Gasteiger charge is -2.20. The van der Waals surface area contributed by atoms with E-state index in [0.29, 0.717) is 5.02 Å². The van der Waals surface area contributed by atoms with E-state index in [4.69, 9.17) is 11.6 Å². The molecule has 0 saturated carbocycles. The molecule has 0 saturated heterocycles. The first-order valence-corrected chi connectivity index (χ1v) is 7.52. The predicted octanol–water partition coefficient (Wildman–Crippen LogP) is 3.14. The van der Waals surface area contributed by atoms with Gasteiger partial charge in [-0.05, 0) is 23.1 Å². The monoisotopic (exact) mass is 309 g/mol. The Morgan fingerprint density at radius 1 is 1.35 bits per heavy atom. The summed E-state index contributed by atoms with van der Waals surface area (Å²) in [6.45, 7) is 0.282. The molecule has 2 rings (SSSR count). The fourth-order valence-electron chi connectivity index (χ4n) is 1.87. The standard InChI is InChI=1S/C15H16ClNO2S/c1-17(10-13(18)14-7-4-8-20-14)15(19)9-11-5-2-3-6-12(11)16/h2-8,13,18H,9-10H2,1H3. The van der Waals surface area contributed by atoms with Gasteiger partial charge < -0.3 is 10.0 Å². The normalized spacial score (nSPS) is 12.2. The van der Waals surface area contributed by atoms with Crippen LogP contribution in [0.25, 0.3) is 0 Å². The van der Waals surface area contributed by atoms with Crippen molar-refractivity contribution < 1.29 is 9.90 Å². The van der Waals surface area contributed by atoms with Gasteiger partial charge in [0.05, 0.1) is 13.0 Å². The molecule has 1 heterocycles. The third-order valence-electron chi connectivity index (χ3n) is 3.04. The number of hydrogen-bond donors (Lipinski definition) is 1. The van der Waals surface area contributed by atoms with Crippen molar-refractivity contribution in [2.24, 2.45) is 0 Å². The molecule has 0 radical (unpaired) electrons. The van der Waals surface area contributed by atoms with Gasteiger partial charge in [0.25, 0.3) is 0 Å². The number of rotatable bonds is 5. The molecule has 1 aromatic carbocycles. The Hall–Kier alpha value is -1.36. The zero-order valence-corrected chi connectivity index (χ0v) is 12.7. The number of benzene rings is 1. The van der Waals surface area contributed by atoms with Crippen LogP contribution >= 0.6 is 22.9 Å². The topological polar surface area (TPSA) is 40.5 Å². The molecular weight excluding hydrogens is 294 g/mol. The van der Waals surface area contributed by atoms with Gasteiger partial charge in [0, 0.05) is 16.9 Å². The van der Waals surface area contributed by atoms with Gasteiger partial charge in [0.2, 0.25) is 5.91 Å². The van der Waals surface area contributed by atoms with Crippen molar-refractivity contribution >= 4 is 28.8 Å². The second-order valence-corrected chi connectivity index (χ2v) is 5.96. The second kappa shape index (κ2) is 6.88. The quantitative estimate of drug-likeness (QED) is 0.922. The number of amides is 1. The maximum atomic E-state index is 12.1. The van der Waals surface area contributed by atoms with Gasteiger partial charge in [-0.15, -0.1) is 11.3 Å². The van der Waals surface area contributed by atoms with Crippen LogP contribution in [0.2, 0.25) is 5.02 Å². The number of nitrogens with zero attached hydrogens (tertiary/aromatic N) is 1. The molecular formula is C15H16ClNO2S. The summed E-state index contributed by atoms with van der Waals surface area (Å²) in [5, 5.41) is 12.5. The highest BCUT2D eigenvalue weighted by Crippen LogP contribution is 2.20. The van der Waals surface area contributed by atoms with Crippen molar-refractivity contribution in [3.63, 3.8) is 0 Å². The van der Waals surface area contributed by atoms with Crippen LogP contribution < -0.4 is 0 Å². The van der Waals surface area contributed by atoms with E-state index < -0.39 is 6.10 Å². The molecule has 0 spiro atoms. The number of aliphatic hydroxyl groups excluding tert-OH is 1. The lowest BCUT2D eigenvalue weighted by molar-refractivity contribution is -0.130. The number of hydrogen-bond acceptors (Lipinski definition) is 3. The Labute approximate surface area is 127 Å². The van der Waals surface area contributed by atoms with Crippen LogP contribution in [0.15, 0.2) is 41.8 Å². The number of thiophene rings is 1. The van der Waals surface area contributed by atoms with Crippen LogP contribution in [0.1, 0.15) is 16.5 Å². The number of halogens is 1. The van der Waals surface area contributed by atoms with Crippen LogP contribution in [-0.2, 0) is 11.2 Å². The summed E-state index contributed by atoms with van der Waals surface area (Å²) in [6, 6.07) is 11.0. The highest BCUT2D eigenvalue weighted by molar-refractivity contribution is 7.10. The summed E-state index contributed by atoms with van der Waals surface area (Å²) in [5.41, 5.74) is 0.802. The maximum absolute atomic E-state index is 12.1. The van der Waals surface area contributed by atoms with Gasteiger partial charge in [-0.25, -0.2) is 0 Å². The fraction of sp³-hybridized carbons (Fsp3) is 0.267. The van der Waals surface area contributed by atoms with Crippen LogP contribution in [0.3, 0.4) is 0 Å². The first-order valence-electron chi connectivity index (χ1n) is 6.26. The molecule has 0 aliphatic rings. The SMILES string of the molecule is CN(CC(O)c1cccs1)C(=O)Cc1ccccc1Cl. The van der Waals surface area contributed by atoms with E-state index in [1.165, 1.54) is 16.2 Å². The molecule has 0 aliphatic heterocycles. The van der Waals surface area contributed by atoms with Crippen molar-refractivity contribution in [1.82, 2.24) is 4.90 Å². The van der Waals surface area contributed by atoms with Crippen LogP contribution in [-0.4, -0.2) is 29.5 Å². The minimum absolute atomic E-state index is 0.0614. The van der Waals surface area contributed by atoms with E-state index in [9.17, 15) is 9.90 Å². The lowest BCUT2D eigenvalue weighted by atomic mass is 10.1. The molecule has 3 nitrogen and oxygen atoms in total. The van der Waals surface area contributed by atoms with Crippen molar-refractivity contribution in [2.45, 2.75) is 12.5 Å². The van der Waals surface area contributed by atoms with Gasteiger partial charge in [0.15, 0.2) is 0 Å². The molecule has 20 heavy (non-hydrogen) atoms. The number of likely N-dealkylation sites (N-methyl/N-ethyl adjacent to an activating group) is 1. The van der Waals surface area contributed by atoms with Gasteiger partial charge in [0.1, 0.15) is 6.10 Å². The Kier molecular flexibility index (Phi) is 5.17. The molecule has 1 aromatic heterocycles. The number of aliphatic hydroxyl groups is 1. The maximum Gasteiger partial charge on any atom is 0.226 e. The van der Waals surface area contributed by atoms with Gasteiger partial charge >= 0.3 is 0 Å². The zero-order valence-electron chi connectivity index (χ0n) is 11.1. The van der Waals surface area contributed by atoms with Crippen molar-refractivity contribution in [1.29, 1.82) is 0 Å². The molecule has 5 heteroatoms. The van der Waals surface area contributed by atoms with E-state index in [2.05, 4.69) is 0 Å². The Bertz CT molecular complexity index is 571. The van der Waals surface area contributed by atoms with E-state index in [1.807, 2.05) is 35.7 Å². The van der Waals surface area contributed by atoms with Gasteiger partial charge in [-0.2, -0.15) is 0 Å². The zero-order chi connectivity index (χ0) is 14.5. The third kappa shape index (κ3) is 3.82. The summed E-state index contributed by atoms with van der Waals surface area (Å²) in [7, 11) is 1.69.